The van der Waals surface area contributed by atoms with E-state index < -0.39 is 23.5 Å². The van der Waals surface area contributed by atoms with Gasteiger partial charge in [0.25, 0.3) is 5.78 Å². The van der Waals surface area contributed by atoms with E-state index in [0.29, 0.717) is 16.1 Å². The largest absolute Gasteiger partial charge is 0.507 e. The number of pyridine rings is 1. The summed E-state index contributed by atoms with van der Waals surface area (Å²) in [6.07, 6.45) is 3.10. The van der Waals surface area contributed by atoms with Crippen LogP contribution < -0.4 is 9.64 Å². The van der Waals surface area contributed by atoms with Crippen molar-refractivity contribution in [3.8, 4) is 5.75 Å². The molecule has 1 unspecified atom stereocenters. The lowest BCUT2D eigenvalue weighted by Gasteiger charge is -2.22. The van der Waals surface area contributed by atoms with Crippen LogP contribution in [0.25, 0.3) is 16.0 Å². The van der Waals surface area contributed by atoms with Gasteiger partial charge >= 0.3 is 5.91 Å². The number of ether oxygens (including phenoxy) is 1. The summed E-state index contributed by atoms with van der Waals surface area (Å²) in [5, 5.41) is 12.4. The molecule has 3 heterocycles. The number of methoxy groups -OCH3 is 1. The van der Waals surface area contributed by atoms with Crippen molar-refractivity contribution in [2.24, 2.45) is 0 Å². The van der Waals surface area contributed by atoms with Gasteiger partial charge in [0.2, 0.25) is 0 Å². The quantitative estimate of drug-likeness (QED) is 0.172. The maximum atomic E-state index is 13.4. The standard InChI is InChI=1S/C25H16Cl3N3O4S/c1-11-6-18-17(9-14(11)26)30-25(36-18)31-20(12-4-3-5-29-10-12)19(22(33)24(31)34)21(32)13-7-15(27)23(35-2)16(28)8-13/h3-10,20,32H,1-2H3/b21-19+. The van der Waals surface area contributed by atoms with Gasteiger partial charge in [0.1, 0.15) is 5.76 Å². The molecule has 11 heteroatoms. The molecule has 0 radical (unpaired) electrons. The van der Waals surface area contributed by atoms with Crippen molar-refractivity contribution in [1.29, 1.82) is 0 Å². The molecule has 5 rings (SSSR count). The fourth-order valence-electron chi connectivity index (χ4n) is 4.07. The summed E-state index contributed by atoms with van der Waals surface area (Å²) >= 11 is 20.0. The zero-order chi connectivity index (χ0) is 25.7. The van der Waals surface area contributed by atoms with Crippen LogP contribution in [0.5, 0.6) is 5.75 Å². The number of aliphatic hydroxyl groups is 1. The van der Waals surface area contributed by atoms with E-state index in [2.05, 4.69) is 9.97 Å². The van der Waals surface area contributed by atoms with Crippen molar-refractivity contribution >= 4 is 78.9 Å². The maximum Gasteiger partial charge on any atom is 0.301 e. The van der Waals surface area contributed by atoms with Crippen molar-refractivity contribution in [3.05, 3.63) is 86.1 Å². The number of Topliss-reactive ketones (excluding diaryl/α,β-unsaturated/α-hetero) is 1. The first-order valence-corrected chi connectivity index (χ1v) is 12.5. The Labute approximate surface area is 224 Å². The lowest BCUT2D eigenvalue weighted by molar-refractivity contribution is -0.132. The van der Waals surface area contributed by atoms with E-state index in [0.717, 1.165) is 10.3 Å². The van der Waals surface area contributed by atoms with Crippen molar-refractivity contribution in [2.75, 3.05) is 12.0 Å². The number of hydrogen-bond donors (Lipinski definition) is 1. The first-order valence-electron chi connectivity index (χ1n) is 10.5. The highest BCUT2D eigenvalue weighted by Gasteiger charge is 2.48. The van der Waals surface area contributed by atoms with Crippen LogP contribution in [0.4, 0.5) is 5.13 Å². The number of aliphatic hydroxyl groups excluding tert-OH is 1. The third-order valence-corrected chi connectivity index (χ3v) is 7.77. The number of carbonyl (C=O) groups excluding carboxylic acids is 2. The monoisotopic (exact) mass is 559 g/mol. The molecule has 1 aliphatic heterocycles. The van der Waals surface area contributed by atoms with Gasteiger partial charge in [-0.25, -0.2) is 4.98 Å². The summed E-state index contributed by atoms with van der Waals surface area (Å²) in [6, 6.07) is 8.81. The summed E-state index contributed by atoms with van der Waals surface area (Å²) in [5.41, 5.74) is 1.98. The smallest absolute Gasteiger partial charge is 0.301 e. The second-order valence-corrected chi connectivity index (χ2v) is 10.2. The van der Waals surface area contributed by atoms with Crippen LogP contribution in [0.3, 0.4) is 0 Å². The van der Waals surface area contributed by atoms with Gasteiger partial charge in [-0.15, -0.1) is 0 Å². The number of benzene rings is 2. The first-order chi connectivity index (χ1) is 17.2. The Bertz CT molecular complexity index is 1520. The fourth-order valence-corrected chi connectivity index (χ4v) is 5.94. The number of carbonyl (C=O) groups is 2. The van der Waals surface area contributed by atoms with Crippen molar-refractivity contribution in [3.63, 3.8) is 0 Å². The van der Waals surface area contributed by atoms with Crippen LogP contribution in [-0.4, -0.2) is 33.9 Å². The highest BCUT2D eigenvalue weighted by molar-refractivity contribution is 7.22. The molecule has 1 fully saturated rings. The van der Waals surface area contributed by atoms with E-state index >= 15 is 0 Å². The Kier molecular flexibility index (Phi) is 6.38. The molecule has 0 spiro atoms. The zero-order valence-corrected chi connectivity index (χ0v) is 21.8. The van der Waals surface area contributed by atoms with E-state index in [9.17, 15) is 14.7 Å². The number of amides is 1. The molecule has 36 heavy (non-hydrogen) atoms. The van der Waals surface area contributed by atoms with Gasteiger partial charge in [-0.05, 0) is 48.4 Å². The van der Waals surface area contributed by atoms with Gasteiger partial charge in [-0.3, -0.25) is 19.5 Å². The molecule has 4 aromatic rings. The van der Waals surface area contributed by atoms with Crippen LogP contribution in [0.1, 0.15) is 22.7 Å². The predicted octanol–water partition coefficient (Wildman–Crippen LogP) is 6.59. The molecule has 7 nitrogen and oxygen atoms in total. The fraction of sp³-hybridized carbons (Fsp3) is 0.120. The maximum absolute atomic E-state index is 13.4. The number of rotatable bonds is 4. The van der Waals surface area contributed by atoms with Crippen LogP contribution in [0, 0.1) is 6.92 Å². The SMILES string of the molecule is COc1c(Cl)cc(/C(O)=C2\C(=O)C(=O)N(c3nc4cc(Cl)c(C)cc4s3)C2c2cccnc2)cc1Cl. The van der Waals surface area contributed by atoms with E-state index in [1.54, 1.807) is 24.4 Å². The first kappa shape index (κ1) is 24.5. The molecule has 182 valence electrons. The summed E-state index contributed by atoms with van der Waals surface area (Å²) in [7, 11) is 1.41. The van der Waals surface area contributed by atoms with Crippen LogP contribution in [0.2, 0.25) is 15.1 Å². The Morgan fingerprint density at radius 1 is 1.11 bits per heavy atom. The average molecular weight is 561 g/mol. The molecule has 1 N–H and O–H groups in total. The third-order valence-electron chi connectivity index (χ3n) is 5.78. The van der Waals surface area contributed by atoms with E-state index in [4.69, 9.17) is 39.5 Å². The number of fused-ring (bicyclic) bond motifs is 1. The van der Waals surface area contributed by atoms with E-state index in [1.807, 2.05) is 13.0 Å². The summed E-state index contributed by atoms with van der Waals surface area (Å²) < 4.78 is 5.97. The molecule has 2 aromatic heterocycles. The minimum Gasteiger partial charge on any atom is -0.507 e. The number of ketones is 1. The number of aryl methyl sites for hydroxylation is 1. The van der Waals surface area contributed by atoms with Crippen molar-refractivity contribution in [1.82, 2.24) is 9.97 Å². The minimum atomic E-state index is -0.990. The Morgan fingerprint density at radius 3 is 2.47 bits per heavy atom. The van der Waals surface area contributed by atoms with Gasteiger partial charge in [0.15, 0.2) is 10.9 Å². The normalized spacial score (nSPS) is 17.2. The van der Waals surface area contributed by atoms with Gasteiger partial charge < -0.3 is 9.84 Å². The Morgan fingerprint density at radius 2 is 1.83 bits per heavy atom. The van der Waals surface area contributed by atoms with Crippen LogP contribution >= 0.6 is 46.1 Å². The molecule has 1 amide bonds. The van der Waals surface area contributed by atoms with Gasteiger partial charge in [-0.1, -0.05) is 52.2 Å². The molecular formula is C25H16Cl3N3O4S. The summed E-state index contributed by atoms with van der Waals surface area (Å²) in [6.45, 7) is 1.87. The van der Waals surface area contributed by atoms with Crippen molar-refractivity contribution in [2.45, 2.75) is 13.0 Å². The molecular weight excluding hydrogens is 545 g/mol. The van der Waals surface area contributed by atoms with Crippen LogP contribution in [0.15, 0.2) is 54.4 Å². The van der Waals surface area contributed by atoms with Gasteiger partial charge in [0, 0.05) is 23.0 Å². The molecule has 0 saturated carbocycles. The Balaban J connectivity index is 1.73. The van der Waals surface area contributed by atoms with Gasteiger partial charge in [-0.2, -0.15) is 0 Å². The third kappa shape index (κ3) is 4.00. The van der Waals surface area contributed by atoms with E-state index in [-0.39, 0.29) is 32.1 Å². The number of halogens is 3. The topological polar surface area (TPSA) is 92.6 Å². The molecule has 1 atom stereocenters. The number of thiazole rings is 1. The number of aromatic nitrogens is 2. The molecule has 1 saturated heterocycles. The predicted molar refractivity (Wildman–Crippen MR) is 141 cm³/mol. The molecule has 0 bridgehead atoms. The number of nitrogens with zero attached hydrogens (tertiary/aromatic N) is 3. The summed E-state index contributed by atoms with van der Waals surface area (Å²) in [4.78, 5) is 36.7. The summed E-state index contributed by atoms with van der Waals surface area (Å²) in [5.74, 6) is -1.92. The molecule has 0 aliphatic carbocycles. The minimum absolute atomic E-state index is 0.136. The Hall–Kier alpha value is -3.17. The average Bonchev–Trinajstić information content (AvgIpc) is 3.36. The second kappa shape index (κ2) is 9.37. The second-order valence-electron chi connectivity index (χ2n) is 7.99. The van der Waals surface area contributed by atoms with Crippen LogP contribution in [-0.2, 0) is 9.59 Å². The number of anilines is 1. The lowest BCUT2D eigenvalue weighted by Crippen LogP contribution is -2.29. The zero-order valence-electron chi connectivity index (χ0n) is 18.8. The number of hydrogen-bond acceptors (Lipinski definition) is 7. The molecule has 1 aliphatic rings. The van der Waals surface area contributed by atoms with Crippen molar-refractivity contribution < 1.29 is 19.4 Å². The van der Waals surface area contributed by atoms with E-state index in [1.165, 1.54) is 41.7 Å². The van der Waals surface area contributed by atoms with Gasteiger partial charge in [0.05, 0.1) is 39.0 Å². The molecule has 2 aromatic carbocycles. The lowest BCUT2D eigenvalue weighted by atomic mass is 9.96. The highest BCUT2D eigenvalue weighted by atomic mass is 35.5. The highest BCUT2D eigenvalue weighted by Crippen LogP contribution is 2.45.